The molecule has 0 aromatic carbocycles. The topological polar surface area (TPSA) is 84.3 Å². The molecule has 6 heteroatoms. The van der Waals surface area contributed by atoms with Crippen LogP contribution in [-0.4, -0.2) is 11.0 Å². The summed E-state index contributed by atoms with van der Waals surface area (Å²) in [6.07, 6.45) is 3.44. The predicted octanol–water partition coefficient (Wildman–Crippen LogP) is -0.0690. The van der Waals surface area contributed by atoms with Gasteiger partial charge in [-0.15, -0.1) is 0 Å². The van der Waals surface area contributed by atoms with Crippen LogP contribution < -0.4 is 10.6 Å². The van der Waals surface area contributed by atoms with Gasteiger partial charge < -0.3 is 10.6 Å². The molecular formula is C5H5N3O3. The van der Waals surface area contributed by atoms with E-state index in [2.05, 4.69) is 10.6 Å². The van der Waals surface area contributed by atoms with Crippen LogP contribution in [0.2, 0.25) is 0 Å². The van der Waals surface area contributed by atoms with Crippen molar-refractivity contribution in [2.24, 2.45) is 0 Å². The van der Waals surface area contributed by atoms with Crippen molar-refractivity contribution in [2.75, 3.05) is 0 Å². The van der Waals surface area contributed by atoms with Gasteiger partial charge in [0.25, 0.3) is 6.20 Å². The molecular weight excluding hydrogens is 150 g/mol. The minimum Gasteiger partial charge on any atom is -0.314 e. The molecule has 0 aromatic heterocycles. The second-order valence-electron chi connectivity index (χ2n) is 1.80. The van der Waals surface area contributed by atoms with Crippen molar-refractivity contribution in [3.8, 4) is 0 Å². The zero-order valence-corrected chi connectivity index (χ0v) is 5.40. The highest BCUT2D eigenvalue weighted by Crippen LogP contribution is 1.95. The van der Waals surface area contributed by atoms with E-state index in [0.29, 0.717) is 0 Å². The summed E-state index contributed by atoms with van der Waals surface area (Å²) in [4.78, 5) is 19.8. The Labute approximate surface area is 61.7 Å². The van der Waals surface area contributed by atoms with Crippen LogP contribution >= 0.6 is 0 Å². The minimum atomic E-state index is -0.634. The zero-order valence-electron chi connectivity index (χ0n) is 5.40. The number of nitrogens with zero attached hydrogens (tertiary/aromatic N) is 1. The number of hydrogen-bond acceptors (Lipinski definition) is 3. The molecule has 1 aliphatic heterocycles. The van der Waals surface area contributed by atoms with Gasteiger partial charge in [0.2, 0.25) is 0 Å². The van der Waals surface area contributed by atoms with Crippen molar-refractivity contribution in [1.82, 2.24) is 10.6 Å². The van der Waals surface area contributed by atoms with Crippen molar-refractivity contribution in [3.63, 3.8) is 0 Å². The van der Waals surface area contributed by atoms with Crippen molar-refractivity contribution >= 4 is 6.03 Å². The second kappa shape index (κ2) is 2.82. The van der Waals surface area contributed by atoms with Gasteiger partial charge in [-0.3, -0.25) is 10.1 Å². The summed E-state index contributed by atoms with van der Waals surface area (Å²) in [5.41, 5.74) is 0.166. The molecule has 11 heavy (non-hydrogen) atoms. The molecule has 0 bridgehead atoms. The Morgan fingerprint density at radius 3 is 2.91 bits per heavy atom. The Morgan fingerprint density at radius 2 is 2.36 bits per heavy atom. The zero-order chi connectivity index (χ0) is 8.27. The van der Waals surface area contributed by atoms with Crippen LogP contribution in [0.25, 0.3) is 0 Å². The highest BCUT2D eigenvalue weighted by atomic mass is 16.6. The largest absolute Gasteiger partial charge is 0.323 e. The van der Waals surface area contributed by atoms with E-state index in [1.54, 1.807) is 0 Å². The van der Waals surface area contributed by atoms with Crippen LogP contribution in [0.15, 0.2) is 24.2 Å². The first-order valence-corrected chi connectivity index (χ1v) is 2.78. The van der Waals surface area contributed by atoms with Gasteiger partial charge in [0.1, 0.15) is 5.70 Å². The van der Waals surface area contributed by atoms with Gasteiger partial charge in [-0.2, -0.15) is 0 Å². The predicted molar refractivity (Wildman–Crippen MR) is 35.9 cm³/mol. The lowest BCUT2D eigenvalue weighted by Crippen LogP contribution is -2.34. The van der Waals surface area contributed by atoms with Gasteiger partial charge in [-0.25, -0.2) is 4.79 Å². The third-order valence-electron chi connectivity index (χ3n) is 0.980. The summed E-state index contributed by atoms with van der Waals surface area (Å²) >= 11 is 0. The van der Waals surface area contributed by atoms with Gasteiger partial charge in [0.05, 0.1) is 4.92 Å². The SMILES string of the molecule is O=C1NC=CC(=C[N+](=O)[O-])N1. The lowest BCUT2D eigenvalue weighted by Gasteiger charge is -2.07. The molecule has 0 atom stereocenters. The van der Waals surface area contributed by atoms with E-state index < -0.39 is 11.0 Å². The summed E-state index contributed by atoms with van der Waals surface area (Å²) in [7, 11) is 0. The molecule has 1 aliphatic rings. The first kappa shape index (κ1) is 7.26. The number of nitro groups is 1. The molecule has 0 saturated heterocycles. The highest BCUT2D eigenvalue weighted by molar-refractivity contribution is 5.78. The lowest BCUT2D eigenvalue weighted by atomic mass is 10.4. The molecule has 0 spiro atoms. The van der Waals surface area contributed by atoms with Crippen molar-refractivity contribution in [1.29, 1.82) is 0 Å². The monoisotopic (exact) mass is 155 g/mol. The smallest absolute Gasteiger partial charge is 0.314 e. The normalized spacial score (nSPS) is 19.3. The summed E-state index contributed by atoms with van der Waals surface area (Å²) in [6, 6.07) is -0.472. The first-order chi connectivity index (χ1) is 5.18. The average molecular weight is 155 g/mol. The first-order valence-electron chi connectivity index (χ1n) is 2.78. The third-order valence-corrected chi connectivity index (χ3v) is 0.980. The van der Waals surface area contributed by atoms with Crippen molar-refractivity contribution in [3.05, 3.63) is 34.3 Å². The van der Waals surface area contributed by atoms with E-state index in [9.17, 15) is 14.9 Å². The fourth-order valence-corrected chi connectivity index (χ4v) is 0.605. The second-order valence-corrected chi connectivity index (χ2v) is 1.80. The van der Waals surface area contributed by atoms with E-state index in [0.717, 1.165) is 6.20 Å². The van der Waals surface area contributed by atoms with Crippen LogP contribution in [0.1, 0.15) is 0 Å². The Hall–Kier alpha value is -1.85. The fourth-order valence-electron chi connectivity index (χ4n) is 0.605. The molecule has 6 nitrogen and oxygen atoms in total. The maximum Gasteiger partial charge on any atom is 0.323 e. The van der Waals surface area contributed by atoms with Crippen molar-refractivity contribution < 1.29 is 9.72 Å². The maximum absolute atomic E-state index is 10.5. The van der Waals surface area contributed by atoms with Crippen molar-refractivity contribution in [2.45, 2.75) is 0 Å². The number of nitrogens with one attached hydrogen (secondary N) is 2. The maximum atomic E-state index is 10.5. The molecule has 0 aliphatic carbocycles. The molecule has 1 heterocycles. The quantitative estimate of drug-likeness (QED) is 0.410. The van der Waals surface area contributed by atoms with Crippen LogP contribution in [-0.2, 0) is 0 Å². The van der Waals surface area contributed by atoms with Crippen LogP contribution in [0.3, 0.4) is 0 Å². The minimum absolute atomic E-state index is 0.166. The number of carbonyl (C=O) groups excluding carboxylic acids is 1. The molecule has 0 radical (unpaired) electrons. The van der Waals surface area contributed by atoms with E-state index >= 15 is 0 Å². The fraction of sp³-hybridized carbons (Fsp3) is 0. The molecule has 2 N–H and O–H groups in total. The van der Waals surface area contributed by atoms with Gasteiger partial charge in [-0.1, -0.05) is 0 Å². The number of hydrogen-bond donors (Lipinski definition) is 2. The molecule has 2 amide bonds. The van der Waals surface area contributed by atoms with Gasteiger partial charge in [-0.05, 0) is 6.08 Å². The van der Waals surface area contributed by atoms with Crippen LogP contribution in [0, 0.1) is 10.1 Å². The number of allylic oxidation sites excluding steroid dienone is 1. The molecule has 0 saturated carbocycles. The Morgan fingerprint density at radius 1 is 1.64 bits per heavy atom. The van der Waals surface area contributed by atoms with Crippen LogP contribution in [0.4, 0.5) is 4.79 Å². The Balaban J connectivity index is 2.74. The van der Waals surface area contributed by atoms with E-state index in [4.69, 9.17) is 0 Å². The third kappa shape index (κ3) is 2.09. The molecule has 58 valence electrons. The summed E-state index contributed by atoms with van der Waals surface area (Å²) in [6.45, 7) is 0. The van der Waals surface area contributed by atoms with Gasteiger partial charge in [0.15, 0.2) is 0 Å². The molecule has 0 fully saturated rings. The molecule has 0 unspecified atom stereocenters. The number of amides is 2. The average Bonchev–Trinajstić information content (AvgIpc) is 1.85. The van der Waals surface area contributed by atoms with Crippen LogP contribution in [0.5, 0.6) is 0 Å². The van der Waals surface area contributed by atoms with E-state index in [-0.39, 0.29) is 5.70 Å². The number of urea groups is 1. The summed E-state index contributed by atoms with van der Waals surface area (Å²) < 4.78 is 0. The van der Waals surface area contributed by atoms with Gasteiger partial charge >= 0.3 is 6.03 Å². The van der Waals surface area contributed by atoms with Gasteiger partial charge in [0, 0.05) is 6.20 Å². The molecule has 0 aromatic rings. The summed E-state index contributed by atoms with van der Waals surface area (Å²) in [5, 5.41) is 14.4. The van der Waals surface area contributed by atoms with E-state index in [1.165, 1.54) is 12.3 Å². The highest BCUT2D eigenvalue weighted by Gasteiger charge is 2.07. The van der Waals surface area contributed by atoms with E-state index in [1.807, 2.05) is 0 Å². The number of carbonyl (C=O) groups is 1. The Kier molecular flexibility index (Phi) is 1.86. The molecule has 1 rings (SSSR count). The number of rotatable bonds is 1. The Bertz CT molecular complexity index is 256. The summed E-state index contributed by atoms with van der Waals surface area (Å²) in [5.74, 6) is 0. The lowest BCUT2D eigenvalue weighted by molar-refractivity contribution is -0.403. The standard InChI is InChI=1S/C5H5N3O3/c9-5-6-2-1-4(7-5)3-8(10)11/h1-3H,(H2,6,7,9).